The minimum Gasteiger partial charge on any atom is -0.494 e. The lowest BCUT2D eigenvalue weighted by Gasteiger charge is -2.08. The molecule has 1 aromatic carbocycles. The van der Waals surface area contributed by atoms with Crippen molar-refractivity contribution >= 4 is 45.7 Å². The summed E-state index contributed by atoms with van der Waals surface area (Å²) in [5, 5.41) is 5.83. The van der Waals surface area contributed by atoms with Gasteiger partial charge in [0.2, 0.25) is 0 Å². The molecule has 0 unspecified atom stereocenters. The average Bonchev–Trinajstić information content (AvgIpc) is 2.94. The zero-order valence-corrected chi connectivity index (χ0v) is 15.5. The molecule has 0 saturated heterocycles. The van der Waals surface area contributed by atoms with Crippen molar-refractivity contribution < 1.29 is 19.1 Å². The minimum absolute atomic E-state index is 0.0805. The van der Waals surface area contributed by atoms with Crippen LogP contribution < -0.4 is 15.4 Å². The standard InChI is InChI=1S/C16H17N3O4S2/c1-4-23-11-7-5-6-10(8-11)13(20)18-15(24)19-16-17-9(2)12(25-16)14(21)22-3/h5-8H,4H2,1-3H3,(H2,17,18,19,20,24). The maximum atomic E-state index is 12.2. The number of rotatable bonds is 5. The fourth-order valence-electron chi connectivity index (χ4n) is 1.93. The van der Waals surface area contributed by atoms with E-state index in [4.69, 9.17) is 17.0 Å². The first kappa shape index (κ1) is 18.8. The maximum Gasteiger partial charge on any atom is 0.350 e. The summed E-state index contributed by atoms with van der Waals surface area (Å²) >= 11 is 6.22. The highest BCUT2D eigenvalue weighted by Gasteiger charge is 2.17. The third kappa shape index (κ3) is 4.97. The molecule has 0 radical (unpaired) electrons. The monoisotopic (exact) mass is 379 g/mol. The lowest BCUT2D eigenvalue weighted by molar-refractivity contribution is 0.0605. The van der Waals surface area contributed by atoms with Crippen LogP contribution in [0.2, 0.25) is 0 Å². The number of nitrogens with zero attached hydrogens (tertiary/aromatic N) is 1. The van der Waals surface area contributed by atoms with Gasteiger partial charge < -0.3 is 14.8 Å². The number of anilines is 1. The van der Waals surface area contributed by atoms with Gasteiger partial charge in [0.05, 0.1) is 19.4 Å². The van der Waals surface area contributed by atoms with Crippen LogP contribution in [0, 0.1) is 6.92 Å². The third-order valence-electron chi connectivity index (χ3n) is 3.02. The van der Waals surface area contributed by atoms with Gasteiger partial charge in [-0.1, -0.05) is 17.4 Å². The lowest BCUT2D eigenvalue weighted by atomic mass is 10.2. The summed E-state index contributed by atoms with van der Waals surface area (Å²) in [4.78, 5) is 28.4. The predicted molar refractivity (Wildman–Crippen MR) is 99.5 cm³/mol. The predicted octanol–water partition coefficient (Wildman–Crippen LogP) is 2.76. The van der Waals surface area contributed by atoms with E-state index >= 15 is 0 Å². The Morgan fingerprint density at radius 2 is 2.12 bits per heavy atom. The van der Waals surface area contributed by atoms with Crippen LogP contribution >= 0.6 is 23.6 Å². The summed E-state index contributed by atoms with van der Waals surface area (Å²) in [5.41, 5.74) is 0.943. The molecule has 2 aromatic rings. The molecule has 0 saturated carbocycles. The van der Waals surface area contributed by atoms with E-state index in [1.807, 2.05) is 6.92 Å². The van der Waals surface area contributed by atoms with Crippen LogP contribution in [0.1, 0.15) is 32.6 Å². The summed E-state index contributed by atoms with van der Waals surface area (Å²) in [5.74, 6) is -0.237. The van der Waals surface area contributed by atoms with E-state index < -0.39 is 5.97 Å². The highest BCUT2D eigenvalue weighted by molar-refractivity contribution is 7.80. The fourth-order valence-corrected chi connectivity index (χ4v) is 3.07. The van der Waals surface area contributed by atoms with E-state index in [9.17, 15) is 9.59 Å². The fraction of sp³-hybridized carbons (Fsp3) is 0.250. The summed E-state index contributed by atoms with van der Waals surface area (Å²) in [6.07, 6.45) is 0. The second-order valence-corrected chi connectivity index (χ2v) is 6.20. The summed E-state index contributed by atoms with van der Waals surface area (Å²) < 4.78 is 10.0. The Hall–Kier alpha value is -2.52. The number of aryl methyl sites for hydroxylation is 1. The number of aromatic nitrogens is 1. The van der Waals surface area contributed by atoms with Gasteiger partial charge >= 0.3 is 5.97 Å². The molecular weight excluding hydrogens is 362 g/mol. The van der Waals surface area contributed by atoms with Gasteiger partial charge in [-0.15, -0.1) is 0 Å². The van der Waals surface area contributed by atoms with Gasteiger partial charge in [0.15, 0.2) is 10.2 Å². The molecule has 9 heteroatoms. The smallest absolute Gasteiger partial charge is 0.350 e. The molecule has 1 amide bonds. The van der Waals surface area contributed by atoms with E-state index in [1.54, 1.807) is 31.2 Å². The molecular formula is C16H17N3O4S2. The van der Waals surface area contributed by atoms with Crippen LogP contribution in [0.25, 0.3) is 0 Å². The van der Waals surface area contributed by atoms with Gasteiger partial charge in [0.1, 0.15) is 10.6 Å². The molecule has 132 valence electrons. The quantitative estimate of drug-likeness (QED) is 0.610. The zero-order valence-electron chi connectivity index (χ0n) is 13.9. The van der Waals surface area contributed by atoms with Gasteiger partial charge in [-0.3, -0.25) is 10.1 Å². The van der Waals surface area contributed by atoms with Crippen molar-refractivity contribution in [2.45, 2.75) is 13.8 Å². The first-order valence-corrected chi connectivity index (χ1v) is 8.58. The average molecular weight is 379 g/mol. The number of hydrogen-bond acceptors (Lipinski definition) is 7. The molecule has 0 atom stereocenters. The van der Waals surface area contributed by atoms with E-state index in [0.29, 0.717) is 33.6 Å². The Bertz CT molecular complexity index is 804. The van der Waals surface area contributed by atoms with E-state index in [0.717, 1.165) is 11.3 Å². The third-order valence-corrected chi connectivity index (χ3v) is 4.28. The van der Waals surface area contributed by atoms with Crippen molar-refractivity contribution in [3.63, 3.8) is 0 Å². The number of thiocarbonyl (C=S) groups is 1. The van der Waals surface area contributed by atoms with Gasteiger partial charge in [0, 0.05) is 5.56 Å². The van der Waals surface area contributed by atoms with Gasteiger partial charge in [-0.05, 0) is 44.3 Å². The Morgan fingerprint density at radius 1 is 1.36 bits per heavy atom. The van der Waals surface area contributed by atoms with Gasteiger partial charge in [-0.25, -0.2) is 9.78 Å². The lowest BCUT2D eigenvalue weighted by Crippen LogP contribution is -2.34. The molecule has 2 N–H and O–H groups in total. The summed E-state index contributed by atoms with van der Waals surface area (Å²) in [7, 11) is 1.30. The van der Waals surface area contributed by atoms with E-state index in [1.165, 1.54) is 7.11 Å². The van der Waals surface area contributed by atoms with Crippen molar-refractivity contribution in [2.75, 3.05) is 19.0 Å². The van der Waals surface area contributed by atoms with Crippen LogP contribution in [-0.4, -0.2) is 35.7 Å². The van der Waals surface area contributed by atoms with Crippen LogP contribution in [-0.2, 0) is 4.74 Å². The van der Waals surface area contributed by atoms with Crippen molar-refractivity contribution in [1.82, 2.24) is 10.3 Å². The molecule has 0 aliphatic rings. The van der Waals surface area contributed by atoms with Crippen LogP contribution in [0.5, 0.6) is 5.75 Å². The Labute approximate surface area is 154 Å². The van der Waals surface area contributed by atoms with Crippen LogP contribution in [0.4, 0.5) is 5.13 Å². The highest BCUT2D eigenvalue weighted by atomic mass is 32.1. The van der Waals surface area contributed by atoms with Crippen LogP contribution in [0.3, 0.4) is 0 Å². The normalized spacial score (nSPS) is 10.0. The second-order valence-electron chi connectivity index (χ2n) is 4.79. The second kappa shape index (κ2) is 8.54. The molecule has 0 aliphatic carbocycles. The van der Waals surface area contributed by atoms with Crippen LogP contribution in [0.15, 0.2) is 24.3 Å². The number of benzene rings is 1. The molecule has 0 spiro atoms. The Morgan fingerprint density at radius 3 is 2.80 bits per heavy atom. The SMILES string of the molecule is CCOc1cccc(C(=O)NC(=S)Nc2nc(C)c(C(=O)OC)s2)c1. The summed E-state index contributed by atoms with van der Waals surface area (Å²) in [6.45, 7) is 4.07. The number of nitrogens with one attached hydrogen (secondary N) is 2. The number of thiazole rings is 1. The number of hydrogen-bond donors (Lipinski definition) is 2. The topological polar surface area (TPSA) is 89.5 Å². The van der Waals surface area contributed by atoms with Crippen molar-refractivity contribution in [1.29, 1.82) is 0 Å². The van der Waals surface area contributed by atoms with Crippen molar-refractivity contribution in [3.8, 4) is 5.75 Å². The number of esters is 1. The zero-order chi connectivity index (χ0) is 18.4. The molecule has 1 aromatic heterocycles. The Kier molecular flexibility index (Phi) is 6.43. The molecule has 1 heterocycles. The molecule has 0 bridgehead atoms. The highest BCUT2D eigenvalue weighted by Crippen LogP contribution is 2.23. The van der Waals surface area contributed by atoms with Crippen molar-refractivity contribution in [2.24, 2.45) is 0 Å². The first-order valence-electron chi connectivity index (χ1n) is 7.35. The molecule has 2 rings (SSSR count). The number of carbonyl (C=O) groups excluding carboxylic acids is 2. The summed E-state index contributed by atoms with van der Waals surface area (Å²) in [6, 6.07) is 6.78. The maximum absolute atomic E-state index is 12.2. The number of amides is 1. The largest absolute Gasteiger partial charge is 0.494 e. The number of carbonyl (C=O) groups is 2. The van der Waals surface area contributed by atoms with Crippen molar-refractivity contribution in [3.05, 3.63) is 40.4 Å². The van der Waals surface area contributed by atoms with E-state index in [-0.39, 0.29) is 11.0 Å². The van der Waals surface area contributed by atoms with Gasteiger partial charge in [0.25, 0.3) is 5.91 Å². The van der Waals surface area contributed by atoms with E-state index in [2.05, 4.69) is 20.4 Å². The molecule has 0 aliphatic heterocycles. The number of methoxy groups -OCH3 is 1. The minimum atomic E-state index is -0.467. The molecule has 0 fully saturated rings. The molecule has 25 heavy (non-hydrogen) atoms. The molecule has 7 nitrogen and oxygen atoms in total. The first-order chi connectivity index (χ1) is 11.9. The Balaban J connectivity index is 2.01. The number of ether oxygens (including phenoxy) is 2. The van der Waals surface area contributed by atoms with Gasteiger partial charge in [-0.2, -0.15) is 0 Å².